The number of hydrogen-bond acceptors (Lipinski definition) is 4. The van der Waals surface area contributed by atoms with Crippen LogP contribution in [-0.4, -0.2) is 39.9 Å². The second kappa shape index (κ2) is 7.97. The Kier molecular flexibility index (Phi) is 5.46. The maximum Gasteiger partial charge on any atom is 0.137 e. The number of piperidine rings is 1. The third-order valence-corrected chi connectivity index (χ3v) is 5.93. The summed E-state index contributed by atoms with van der Waals surface area (Å²) in [5, 5.41) is 9.77. The molecule has 1 saturated heterocycles. The summed E-state index contributed by atoms with van der Waals surface area (Å²) in [4.78, 5) is 2.52. The molecule has 2 aliphatic heterocycles. The number of halogens is 1. The molecular formula is C20H27ClN4O. The lowest BCUT2D eigenvalue weighted by Gasteiger charge is -2.32. The second-order valence-corrected chi connectivity index (χ2v) is 7.89. The number of fused-ring (bicyclic) bond motifs is 1. The number of hydrogen-bond donors (Lipinski definition) is 0. The summed E-state index contributed by atoms with van der Waals surface area (Å²) in [5.41, 5.74) is 1.23. The lowest BCUT2D eigenvalue weighted by Crippen LogP contribution is -2.35. The SMILES string of the molecule is COc1ccc(CN2CCCC(c3nnc4n3CCCCC4)C2)cc1Cl. The quantitative estimate of drug-likeness (QED) is 0.809. The summed E-state index contributed by atoms with van der Waals surface area (Å²) in [6.45, 7) is 4.17. The first-order chi connectivity index (χ1) is 12.7. The van der Waals surface area contributed by atoms with E-state index in [1.165, 1.54) is 49.3 Å². The summed E-state index contributed by atoms with van der Waals surface area (Å²) in [6, 6.07) is 6.09. The summed E-state index contributed by atoms with van der Waals surface area (Å²) in [5.74, 6) is 3.62. The third-order valence-electron chi connectivity index (χ3n) is 5.63. The fourth-order valence-corrected chi connectivity index (χ4v) is 4.57. The fraction of sp³-hybridized carbons (Fsp3) is 0.600. The number of ether oxygens (including phenoxy) is 1. The van der Waals surface area contributed by atoms with E-state index in [1.54, 1.807) is 7.11 Å². The van der Waals surface area contributed by atoms with E-state index >= 15 is 0 Å². The van der Waals surface area contributed by atoms with E-state index in [0.717, 1.165) is 38.3 Å². The molecule has 140 valence electrons. The van der Waals surface area contributed by atoms with Gasteiger partial charge in [-0.25, -0.2) is 0 Å². The Labute approximate surface area is 160 Å². The molecule has 1 unspecified atom stereocenters. The first kappa shape index (κ1) is 17.8. The summed E-state index contributed by atoms with van der Waals surface area (Å²) in [7, 11) is 1.65. The van der Waals surface area contributed by atoms with E-state index in [1.807, 2.05) is 12.1 Å². The molecule has 2 aliphatic rings. The molecule has 2 aromatic rings. The van der Waals surface area contributed by atoms with Gasteiger partial charge in [-0.1, -0.05) is 24.1 Å². The zero-order valence-electron chi connectivity index (χ0n) is 15.5. The lowest BCUT2D eigenvalue weighted by atomic mass is 9.96. The predicted octanol–water partition coefficient (Wildman–Crippen LogP) is 4.05. The van der Waals surface area contributed by atoms with Crippen LogP contribution >= 0.6 is 11.6 Å². The van der Waals surface area contributed by atoms with Gasteiger partial charge in [0.05, 0.1) is 12.1 Å². The average Bonchev–Trinajstić information content (AvgIpc) is 2.91. The molecule has 4 rings (SSSR count). The van der Waals surface area contributed by atoms with Crippen molar-refractivity contribution in [2.24, 2.45) is 0 Å². The van der Waals surface area contributed by atoms with Crippen LogP contribution in [0.2, 0.25) is 5.02 Å². The molecule has 1 atom stereocenters. The van der Waals surface area contributed by atoms with E-state index in [2.05, 4.69) is 25.7 Å². The van der Waals surface area contributed by atoms with Crippen molar-refractivity contribution in [1.29, 1.82) is 0 Å². The predicted molar refractivity (Wildman–Crippen MR) is 103 cm³/mol. The monoisotopic (exact) mass is 374 g/mol. The van der Waals surface area contributed by atoms with Crippen LogP contribution in [-0.2, 0) is 19.5 Å². The minimum atomic E-state index is 0.483. The van der Waals surface area contributed by atoms with E-state index < -0.39 is 0 Å². The molecule has 1 aromatic heterocycles. The molecular weight excluding hydrogens is 348 g/mol. The topological polar surface area (TPSA) is 43.2 Å². The molecule has 0 N–H and O–H groups in total. The fourth-order valence-electron chi connectivity index (χ4n) is 4.29. The standard InChI is InChI=1S/C20H27ClN4O/c1-26-18-9-8-15(12-17(18)21)13-24-10-5-6-16(14-24)20-23-22-19-7-3-2-4-11-25(19)20/h8-9,12,16H,2-7,10-11,13-14H2,1H3. The summed E-state index contributed by atoms with van der Waals surface area (Å²) >= 11 is 6.29. The van der Waals surface area contributed by atoms with Gasteiger partial charge in [0, 0.05) is 32.0 Å². The zero-order valence-corrected chi connectivity index (χ0v) is 16.2. The molecule has 5 nitrogen and oxygen atoms in total. The Morgan fingerprint density at radius 2 is 2.08 bits per heavy atom. The van der Waals surface area contributed by atoms with Gasteiger partial charge in [-0.2, -0.15) is 0 Å². The molecule has 6 heteroatoms. The molecule has 1 aromatic carbocycles. The first-order valence-corrected chi connectivity index (χ1v) is 10.1. The maximum atomic E-state index is 6.29. The molecule has 26 heavy (non-hydrogen) atoms. The smallest absolute Gasteiger partial charge is 0.137 e. The molecule has 0 bridgehead atoms. The van der Waals surface area contributed by atoms with Crippen molar-refractivity contribution in [1.82, 2.24) is 19.7 Å². The highest BCUT2D eigenvalue weighted by molar-refractivity contribution is 6.32. The molecule has 0 amide bonds. The number of rotatable bonds is 4. The van der Waals surface area contributed by atoms with Crippen molar-refractivity contribution in [3.63, 3.8) is 0 Å². The highest BCUT2D eigenvalue weighted by Gasteiger charge is 2.27. The molecule has 0 radical (unpaired) electrons. The normalized spacial score (nSPS) is 21.2. The van der Waals surface area contributed by atoms with Gasteiger partial charge < -0.3 is 9.30 Å². The van der Waals surface area contributed by atoms with Crippen molar-refractivity contribution >= 4 is 11.6 Å². The third kappa shape index (κ3) is 3.74. The van der Waals surface area contributed by atoms with Gasteiger partial charge in [-0.15, -0.1) is 10.2 Å². The molecule has 0 aliphatic carbocycles. The van der Waals surface area contributed by atoms with Crippen LogP contribution in [0.3, 0.4) is 0 Å². The van der Waals surface area contributed by atoms with Gasteiger partial charge in [0.1, 0.15) is 17.4 Å². The van der Waals surface area contributed by atoms with Gasteiger partial charge >= 0.3 is 0 Å². The molecule has 0 saturated carbocycles. The molecule has 0 spiro atoms. The number of nitrogens with zero attached hydrogens (tertiary/aromatic N) is 4. The van der Waals surface area contributed by atoms with Crippen LogP contribution in [0.15, 0.2) is 18.2 Å². The molecule has 1 fully saturated rings. The highest BCUT2D eigenvalue weighted by atomic mass is 35.5. The van der Waals surface area contributed by atoms with Crippen LogP contribution < -0.4 is 4.74 Å². The van der Waals surface area contributed by atoms with Crippen LogP contribution in [0.1, 0.15) is 55.2 Å². The van der Waals surface area contributed by atoms with E-state index in [-0.39, 0.29) is 0 Å². The van der Waals surface area contributed by atoms with Gasteiger partial charge in [-0.05, 0) is 49.9 Å². The van der Waals surface area contributed by atoms with Crippen molar-refractivity contribution in [2.45, 2.75) is 57.5 Å². The lowest BCUT2D eigenvalue weighted by molar-refractivity contribution is 0.194. The molecule has 3 heterocycles. The van der Waals surface area contributed by atoms with Crippen LogP contribution in [0.25, 0.3) is 0 Å². The average molecular weight is 375 g/mol. The summed E-state index contributed by atoms with van der Waals surface area (Å²) in [6.07, 6.45) is 7.28. The minimum Gasteiger partial charge on any atom is -0.495 e. The number of likely N-dealkylation sites (tertiary alicyclic amines) is 1. The number of aryl methyl sites for hydroxylation is 1. The van der Waals surface area contributed by atoms with Crippen molar-refractivity contribution in [2.75, 3.05) is 20.2 Å². The van der Waals surface area contributed by atoms with Crippen LogP contribution in [0.4, 0.5) is 0 Å². The van der Waals surface area contributed by atoms with Gasteiger partial charge in [0.2, 0.25) is 0 Å². The van der Waals surface area contributed by atoms with E-state index in [4.69, 9.17) is 16.3 Å². The van der Waals surface area contributed by atoms with Crippen molar-refractivity contribution in [3.8, 4) is 5.75 Å². The number of methoxy groups -OCH3 is 1. The van der Waals surface area contributed by atoms with Crippen LogP contribution in [0.5, 0.6) is 5.75 Å². The van der Waals surface area contributed by atoms with E-state index in [0.29, 0.717) is 10.9 Å². The van der Waals surface area contributed by atoms with Gasteiger partial charge in [0.25, 0.3) is 0 Å². The van der Waals surface area contributed by atoms with E-state index in [9.17, 15) is 0 Å². The second-order valence-electron chi connectivity index (χ2n) is 7.48. The zero-order chi connectivity index (χ0) is 17.9. The Morgan fingerprint density at radius 1 is 1.15 bits per heavy atom. The van der Waals surface area contributed by atoms with Gasteiger partial charge in [0.15, 0.2) is 0 Å². The van der Waals surface area contributed by atoms with Crippen LogP contribution in [0, 0.1) is 0 Å². The largest absolute Gasteiger partial charge is 0.495 e. The Hall–Kier alpha value is -1.59. The Balaban J connectivity index is 1.46. The van der Waals surface area contributed by atoms with Crippen molar-refractivity contribution in [3.05, 3.63) is 40.4 Å². The maximum absolute atomic E-state index is 6.29. The van der Waals surface area contributed by atoms with Crippen molar-refractivity contribution < 1.29 is 4.74 Å². The first-order valence-electron chi connectivity index (χ1n) is 9.71. The minimum absolute atomic E-state index is 0.483. The number of aromatic nitrogens is 3. The Bertz CT molecular complexity index is 760. The summed E-state index contributed by atoms with van der Waals surface area (Å²) < 4.78 is 7.66. The Morgan fingerprint density at radius 3 is 2.92 bits per heavy atom. The highest BCUT2D eigenvalue weighted by Crippen LogP contribution is 2.30. The van der Waals surface area contributed by atoms with Gasteiger partial charge in [-0.3, -0.25) is 4.90 Å². The number of benzene rings is 1.